The van der Waals surface area contributed by atoms with Gasteiger partial charge in [-0.3, -0.25) is 9.52 Å². The topological polar surface area (TPSA) is 79.5 Å². The molecule has 6 heteroatoms. The predicted molar refractivity (Wildman–Crippen MR) is 110 cm³/mol. The monoisotopic (exact) mass is 413 g/mol. The second-order valence-electron chi connectivity index (χ2n) is 8.84. The molecular formula is C23H27NO4S. The largest absolute Gasteiger partial charge is 0.450 e. The third kappa shape index (κ3) is 3.36. The van der Waals surface area contributed by atoms with E-state index in [-0.39, 0.29) is 17.4 Å². The van der Waals surface area contributed by atoms with Gasteiger partial charge in [-0.05, 0) is 86.1 Å². The highest BCUT2D eigenvalue weighted by atomic mass is 32.2. The minimum absolute atomic E-state index is 0.217. The van der Waals surface area contributed by atoms with Crippen molar-refractivity contribution in [1.29, 1.82) is 0 Å². The van der Waals surface area contributed by atoms with Crippen molar-refractivity contribution >= 4 is 16.9 Å². The fourth-order valence-corrected chi connectivity index (χ4v) is 6.14. The van der Waals surface area contributed by atoms with Gasteiger partial charge in [0.1, 0.15) is 5.76 Å². The van der Waals surface area contributed by atoms with E-state index in [1.807, 2.05) is 0 Å². The first-order chi connectivity index (χ1) is 13.9. The lowest BCUT2D eigenvalue weighted by atomic mass is 9.85. The fourth-order valence-electron chi connectivity index (χ4n) is 5.36. The average molecular weight is 414 g/mol. The Labute approximate surface area is 173 Å². The smallest absolute Gasteiger partial charge is 0.236 e. The molecule has 0 bridgehead atoms. The lowest BCUT2D eigenvalue weighted by Gasteiger charge is -2.26. The molecule has 2 unspecified atom stereocenters. The van der Waals surface area contributed by atoms with Crippen molar-refractivity contribution in [3.05, 3.63) is 51.3 Å². The van der Waals surface area contributed by atoms with Gasteiger partial charge in [0.25, 0.3) is 0 Å². The molecule has 1 heterocycles. The van der Waals surface area contributed by atoms with Crippen LogP contribution in [0.15, 0.2) is 21.6 Å². The first-order valence-corrected chi connectivity index (χ1v) is 11.8. The fraction of sp³-hybridized carbons (Fsp3) is 0.522. The second-order valence-corrected chi connectivity index (χ2v) is 9.98. The number of hydrogen-bond donors (Lipinski definition) is 2. The van der Waals surface area contributed by atoms with Crippen LogP contribution in [0.3, 0.4) is 0 Å². The molecule has 3 aliphatic rings. The number of fused-ring (bicyclic) bond motifs is 3. The van der Waals surface area contributed by atoms with Gasteiger partial charge < -0.3 is 9.52 Å². The van der Waals surface area contributed by atoms with E-state index >= 15 is 0 Å². The lowest BCUT2D eigenvalue weighted by molar-refractivity contribution is -0.118. The molecule has 0 spiro atoms. The van der Waals surface area contributed by atoms with Crippen LogP contribution >= 0.6 is 0 Å². The molecule has 0 saturated heterocycles. The molecule has 2 N–H and O–H groups in total. The zero-order valence-corrected chi connectivity index (χ0v) is 17.6. The SMILES string of the molecule is CC1(O)CCCc2oc(S(=O)NC(=O)Cc3c4c(cc5c3CCC5)CCC4)cc21. The van der Waals surface area contributed by atoms with Crippen LogP contribution in [0.5, 0.6) is 0 Å². The first kappa shape index (κ1) is 19.1. The summed E-state index contributed by atoms with van der Waals surface area (Å²) in [5.41, 5.74) is 6.39. The van der Waals surface area contributed by atoms with E-state index in [1.165, 1.54) is 27.8 Å². The van der Waals surface area contributed by atoms with E-state index < -0.39 is 16.6 Å². The average Bonchev–Trinajstić information content (AvgIpc) is 3.40. The summed E-state index contributed by atoms with van der Waals surface area (Å²) in [6.45, 7) is 1.75. The number of benzene rings is 1. The highest BCUT2D eigenvalue weighted by molar-refractivity contribution is 7.83. The molecule has 5 rings (SSSR count). The molecule has 1 aromatic heterocycles. The van der Waals surface area contributed by atoms with Crippen LogP contribution in [0.2, 0.25) is 0 Å². The summed E-state index contributed by atoms with van der Waals surface area (Å²) in [7, 11) is -1.76. The number of furan rings is 1. The third-order valence-corrected chi connectivity index (χ3v) is 7.74. The normalized spacial score (nSPS) is 23.4. The number of aliphatic hydroxyl groups is 1. The summed E-state index contributed by atoms with van der Waals surface area (Å²) in [5.74, 6) is 0.441. The van der Waals surface area contributed by atoms with Crippen LogP contribution in [-0.2, 0) is 59.9 Å². The molecule has 1 amide bonds. The molecule has 5 nitrogen and oxygen atoms in total. The van der Waals surface area contributed by atoms with Gasteiger partial charge in [0.2, 0.25) is 11.0 Å². The second kappa shape index (κ2) is 7.10. The molecule has 2 aromatic rings. The zero-order chi connectivity index (χ0) is 20.2. The van der Waals surface area contributed by atoms with E-state index in [0.717, 1.165) is 51.4 Å². The van der Waals surface area contributed by atoms with Crippen LogP contribution < -0.4 is 4.72 Å². The first-order valence-electron chi connectivity index (χ1n) is 10.6. The third-order valence-electron chi connectivity index (χ3n) is 6.76. The highest BCUT2D eigenvalue weighted by Gasteiger charge is 2.34. The van der Waals surface area contributed by atoms with Crippen molar-refractivity contribution < 1.29 is 18.5 Å². The maximum atomic E-state index is 12.8. The molecule has 29 heavy (non-hydrogen) atoms. The Balaban J connectivity index is 1.35. The van der Waals surface area contributed by atoms with Gasteiger partial charge in [-0.15, -0.1) is 0 Å². The van der Waals surface area contributed by atoms with Gasteiger partial charge in [0.15, 0.2) is 11.0 Å². The quantitative estimate of drug-likeness (QED) is 0.807. The van der Waals surface area contributed by atoms with Crippen LogP contribution in [0.25, 0.3) is 0 Å². The minimum Gasteiger partial charge on any atom is -0.450 e. The number of nitrogens with one attached hydrogen (secondary N) is 1. The number of amides is 1. The van der Waals surface area contributed by atoms with E-state index in [4.69, 9.17) is 4.42 Å². The maximum Gasteiger partial charge on any atom is 0.236 e. The number of carbonyl (C=O) groups is 1. The Morgan fingerprint density at radius 1 is 1.10 bits per heavy atom. The van der Waals surface area contributed by atoms with Crippen molar-refractivity contribution in [3.8, 4) is 0 Å². The van der Waals surface area contributed by atoms with Crippen molar-refractivity contribution in [2.45, 2.75) is 81.8 Å². The molecule has 3 aliphatic carbocycles. The minimum atomic E-state index is -1.76. The molecule has 154 valence electrons. The van der Waals surface area contributed by atoms with Crippen molar-refractivity contribution in [1.82, 2.24) is 4.72 Å². The standard InChI is InChI=1S/C23H27NO4S/c1-23(26)10-4-9-20-19(23)13-22(28-20)29(27)24-21(25)12-18-16-7-2-5-14(16)11-15-6-3-8-17(15)18/h11,13,26H,2-10,12H2,1H3,(H,24,25). The number of aryl methyl sites for hydroxylation is 3. The van der Waals surface area contributed by atoms with Gasteiger partial charge in [-0.1, -0.05) is 6.07 Å². The van der Waals surface area contributed by atoms with Crippen molar-refractivity contribution in [2.24, 2.45) is 0 Å². The van der Waals surface area contributed by atoms with Crippen LogP contribution in [0, 0.1) is 0 Å². The molecule has 1 aromatic carbocycles. The van der Waals surface area contributed by atoms with Crippen LogP contribution in [0.4, 0.5) is 0 Å². The maximum absolute atomic E-state index is 12.8. The van der Waals surface area contributed by atoms with Gasteiger partial charge in [0.05, 0.1) is 12.0 Å². The van der Waals surface area contributed by atoms with Gasteiger partial charge in [0, 0.05) is 18.1 Å². The van der Waals surface area contributed by atoms with Gasteiger partial charge in [-0.2, -0.15) is 0 Å². The summed E-state index contributed by atoms with van der Waals surface area (Å²) < 4.78 is 21.1. The number of carbonyl (C=O) groups excluding carboxylic acids is 1. The summed E-state index contributed by atoms with van der Waals surface area (Å²) in [4.78, 5) is 12.8. The van der Waals surface area contributed by atoms with Crippen molar-refractivity contribution in [3.63, 3.8) is 0 Å². The summed E-state index contributed by atoms with van der Waals surface area (Å²) >= 11 is 0. The van der Waals surface area contributed by atoms with E-state index in [0.29, 0.717) is 17.7 Å². The number of hydrogen-bond acceptors (Lipinski definition) is 4. The lowest BCUT2D eigenvalue weighted by Crippen LogP contribution is -2.28. The molecule has 0 fully saturated rings. The summed E-state index contributed by atoms with van der Waals surface area (Å²) in [6, 6.07) is 3.99. The molecule has 0 aliphatic heterocycles. The Morgan fingerprint density at radius 2 is 1.79 bits per heavy atom. The van der Waals surface area contributed by atoms with Crippen LogP contribution in [0.1, 0.15) is 71.7 Å². The number of rotatable bonds is 4. The molecular weight excluding hydrogens is 386 g/mol. The van der Waals surface area contributed by atoms with E-state index in [2.05, 4.69) is 10.8 Å². The Bertz CT molecular complexity index is 988. The predicted octanol–water partition coefficient (Wildman–Crippen LogP) is 3.18. The van der Waals surface area contributed by atoms with E-state index in [1.54, 1.807) is 13.0 Å². The Kier molecular flexibility index (Phi) is 4.67. The molecule has 0 saturated carbocycles. The Hall–Kier alpha value is -1.92. The highest BCUT2D eigenvalue weighted by Crippen LogP contribution is 2.38. The summed E-state index contributed by atoms with van der Waals surface area (Å²) in [5, 5.41) is 10.7. The summed E-state index contributed by atoms with van der Waals surface area (Å²) in [6.07, 6.45) is 9.05. The molecule has 2 atom stereocenters. The van der Waals surface area contributed by atoms with Crippen LogP contribution in [-0.4, -0.2) is 15.2 Å². The van der Waals surface area contributed by atoms with Crippen molar-refractivity contribution in [2.75, 3.05) is 0 Å². The molecule has 0 radical (unpaired) electrons. The van der Waals surface area contributed by atoms with Gasteiger partial charge in [-0.25, -0.2) is 4.21 Å². The van der Waals surface area contributed by atoms with E-state index in [9.17, 15) is 14.1 Å². The zero-order valence-electron chi connectivity index (χ0n) is 16.8. The Morgan fingerprint density at radius 3 is 2.45 bits per heavy atom. The van der Waals surface area contributed by atoms with Gasteiger partial charge >= 0.3 is 0 Å².